The molecule has 0 bridgehead atoms. The largest absolute Gasteiger partial charge is 0.395 e. The van der Waals surface area contributed by atoms with Crippen molar-refractivity contribution in [3.05, 3.63) is 63.9 Å². The number of amides is 1. The molecule has 4 rings (SSSR count). The van der Waals surface area contributed by atoms with Crippen LogP contribution in [0.4, 0.5) is 10.1 Å². The predicted molar refractivity (Wildman–Crippen MR) is 117 cm³/mol. The molecule has 3 unspecified atom stereocenters. The van der Waals surface area contributed by atoms with Gasteiger partial charge in [-0.3, -0.25) is 4.79 Å². The topological polar surface area (TPSA) is 61.4 Å². The lowest BCUT2D eigenvalue weighted by Gasteiger charge is -2.17. The van der Waals surface area contributed by atoms with Gasteiger partial charge >= 0.3 is 0 Å². The Morgan fingerprint density at radius 2 is 1.97 bits per heavy atom. The Balaban J connectivity index is 1.54. The Hall–Kier alpha value is -1.66. The van der Waals surface area contributed by atoms with E-state index in [1.54, 1.807) is 36.4 Å². The Morgan fingerprint density at radius 1 is 1.20 bits per heavy atom. The number of hydrogen-bond acceptors (Lipinski definition) is 3. The number of rotatable bonds is 9. The molecule has 0 saturated heterocycles. The van der Waals surface area contributed by atoms with Crippen molar-refractivity contribution in [3.63, 3.8) is 0 Å². The van der Waals surface area contributed by atoms with Crippen LogP contribution >= 0.6 is 23.2 Å². The Labute approximate surface area is 185 Å². The molecule has 2 aromatic rings. The summed E-state index contributed by atoms with van der Waals surface area (Å²) in [5, 5.41) is 16.8. The quantitative estimate of drug-likeness (QED) is 0.511. The minimum atomic E-state index is -0.498. The fraction of sp³-hybridized carbons (Fsp3) is 0.435. The molecule has 3 N–H and O–H groups in total. The van der Waals surface area contributed by atoms with Crippen LogP contribution in [-0.2, 0) is 4.79 Å². The van der Waals surface area contributed by atoms with Crippen molar-refractivity contribution in [2.75, 3.05) is 18.5 Å². The summed E-state index contributed by atoms with van der Waals surface area (Å²) in [6.07, 6.45) is 3.57. The molecule has 0 radical (unpaired) electrons. The van der Waals surface area contributed by atoms with Gasteiger partial charge in [-0.05, 0) is 54.6 Å². The number of benzene rings is 2. The summed E-state index contributed by atoms with van der Waals surface area (Å²) >= 11 is 12.0. The second-order valence-electron chi connectivity index (χ2n) is 8.25. The summed E-state index contributed by atoms with van der Waals surface area (Å²) < 4.78 is 14.8. The molecule has 30 heavy (non-hydrogen) atoms. The van der Waals surface area contributed by atoms with Crippen molar-refractivity contribution in [3.8, 4) is 0 Å². The van der Waals surface area contributed by atoms with E-state index < -0.39 is 11.7 Å². The van der Waals surface area contributed by atoms with Crippen LogP contribution in [0.2, 0.25) is 10.0 Å². The molecule has 0 spiro atoms. The number of halogens is 3. The number of anilines is 1. The molecule has 2 aromatic carbocycles. The van der Waals surface area contributed by atoms with Crippen molar-refractivity contribution in [2.45, 2.75) is 31.2 Å². The number of aliphatic hydroxyl groups excluding tert-OH is 1. The molecule has 2 fully saturated rings. The molecule has 2 aliphatic carbocycles. The molecule has 1 amide bonds. The van der Waals surface area contributed by atoms with Gasteiger partial charge in [0.15, 0.2) is 0 Å². The number of nitrogens with one attached hydrogen (secondary N) is 2. The fourth-order valence-corrected chi connectivity index (χ4v) is 4.72. The van der Waals surface area contributed by atoms with Gasteiger partial charge in [-0.15, -0.1) is 0 Å². The van der Waals surface area contributed by atoms with Crippen molar-refractivity contribution >= 4 is 34.8 Å². The van der Waals surface area contributed by atoms with E-state index in [0.29, 0.717) is 16.3 Å². The highest BCUT2D eigenvalue weighted by Gasteiger charge is 2.59. The summed E-state index contributed by atoms with van der Waals surface area (Å²) in [6.45, 7) is 0.661. The van der Waals surface area contributed by atoms with E-state index in [4.69, 9.17) is 23.2 Å². The third kappa shape index (κ3) is 4.80. The van der Waals surface area contributed by atoms with Crippen molar-refractivity contribution in [1.29, 1.82) is 0 Å². The first-order chi connectivity index (χ1) is 14.5. The third-order valence-corrected chi connectivity index (χ3v) is 6.66. The van der Waals surface area contributed by atoms with Crippen LogP contribution in [0.3, 0.4) is 0 Å². The van der Waals surface area contributed by atoms with E-state index >= 15 is 0 Å². The second-order valence-corrected chi connectivity index (χ2v) is 9.09. The first-order valence-electron chi connectivity index (χ1n) is 10.3. The number of aliphatic hydroxyl groups is 1. The maximum absolute atomic E-state index is 14.8. The van der Waals surface area contributed by atoms with Gasteiger partial charge in [0, 0.05) is 22.7 Å². The standard InChI is InChI=1S/C23H25Cl2FN2O2/c24-14-3-1-4-15(11-14)28-23(30)21-19(16-5-2-6-17(25)22(16)26)20(21)18(12-29)27-10-9-13-7-8-13/h1-6,11,13,18-21,27,29H,7-10,12H2,(H,28,30)/t18-,19?,20?,21?/m0/s1. The van der Waals surface area contributed by atoms with Gasteiger partial charge in [-0.2, -0.15) is 0 Å². The molecule has 160 valence electrons. The summed E-state index contributed by atoms with van der Waals surface area (Å²) in [4.78, 5) is 13.1. The minimum Gasteiger partial charge on any atom is -0.395 e. The molecule has 7 heteroatoms. The monoisotopic (exact) mass is 450 g/mol. The van der Waals surface area contributed by atoms with E-state index in [0.717, 1.165) is 18.9 Å². The number of carbonyl (C=O) groups excluding carboxylic acids is 1. The van der Waals surface area contributed by atoms with Crippen molar-refractivity contribution in [1.82, 2.24) is 5.32 Å². The Morgan fingerprint density at radius 3 is 2.67 bits per heavy atom. The highest BCUT2D eigenvalue weighted by Crippen LogP contribution is 2.57. The Bertz CT molecular complexity index is 922. The van der Waals surface area contributed by atoms with Gasteiger partial charge in [0.1, 0.15) is 5.82 Å². The zero-order valence-electron chi connectivity index (χ0n) is 16.5. The summed E-state index contributed by atoms with van der Waals surface area (Å²) in [6, 6.07) is 11.5. The maximum Gasteiger partial charge on any atom is 0.228 e. The van der Waals surface area contributed by atoms with E-state index in [9.17, 15) is 14.3 Å². The lowest BCUT2D eigenvalue weighted by Crippen LogP contribution is -2.37. The highest BCUT2D eigenvalue weighted by atomic mass is 35.5. The van der Waals surface area contributed by atoms with Gasteiger partial charge in [0.05, 0.1) is 17.5 Å². The van der Waals surface area contributed by atoms with E-state index in [-0.39, 0.29) is 35.4 Å². The normalized spacial score (nSPS) is 23.8. The fourth-order valence-electron chi connectivity index (χ4n) is 4.35. The lowest BCUT2D eigenvalue weighted by atomic mass is 10.0. The molecular weight excluding hydrogens is 426 g/mol. The first kappa shape index (κ1) is 21.6. The predicted octanol–water partition coefficient (Wildman–Crippen LogP) is 4.85. The average molecular weight is 451 g/mol. The zero-order valence-corrected chi connectivity index (χ0v) is 18.0. The smallest absolute Gasteiger partial charge is 0.228 e. The first-order valence-corrected chi connectivity index (χ1v) is 11.1. The van der Waals surface area contributed by atoms with Crippen LogP contribution in [0, 0.1) is 23.6 Å². The molecule has 2 aliphatic rings. The molecular formula is C23H25Cl2FN2O2. The highest BCUT2D eigenvalue weighted by molar-refractivity contribution is 6.31. The van der Waals surface area contributed by atoms with Gasteiger partial charge in [-0.1, -0.05) is 54.2 Å². The SMILES string of the molecule is O=C(Nc1cccc(Cl)c1)C1C(c2cccc(Cl)c2F)C1[C@H](CO)NCCC1CC1. The van der Waals surface area contributed by atoms with Crippen molar-refractivity contribution in [2.24, 2.45) is 17.8 Å². The zero-order chi connectivity index (χ0) is 21.3. The third-order valence-electron chi connectivity index (χ3n) is 6.13. The molecule has 0 aromatic heterocycles. The van der Waals surface area contributed by atoms with Crippen LogP contribution in [0.25, 0.3) is 0 Å². The molecule has 0 aliphatic heterocycles. The maximum atomic E-state index is 14.8. The van der Waals surface area contributed by atoms with Gasteiger partial charge in [0.25, 0.3) is 0 Å². The molecule has 0 heterocycles. The summed E-state index contributed by atoms with van der Waals surface area (Å²) in [5.41, 5.74) is 1.01. The number of hydrogen-bond donors (Lipinski definition) is 3. The van der Waals surface area contributed by atoms with E-state index in [1.807, 2.05) is 0 Å². The molecule has 2 saturated carbocycles. The summed E-state index contributed by atoms with van der Waals surface area (Å²) in [5.74, 6) is -0.993. The van der Waals surface area contributed by atoms with Gasteiger partial charge < -0.3 is 15.7 Å². The lowest BCUT2D eigenvalue weighted by molar-refractivity contribution is -0.117. The van der Waals surface area contributed by atoms with Crippen LogP contribution in [0.5, 0.6) is 0 Å². The second kappa shape index (κ2) is 9.23. The van der Waals surface area contributed by atoms with E-state index in [2.05, 4.69) is 10.6 Å². The summed E-state index contributed by atoms with van der Waals surface area (Å²) in [7, 11) is 0. The van der Waals surface area contributed by atoms with Crippen LogP contribution < -0.4 is 10.6 Å². The van der Waals surface area contributed by atoms with Gasteiger partial charge in [0.2, 0.25) is 5.91 Å². The Kier molecular flexibility index (Phi) is 6.63. The minimum absolute atomic E-state index is 0.0365. The van der Waals surface area contributed by atoms with Crippen LogP contribution in [0.15, 0.2) is 42.5 Å². The van der Waals surface area contributed by atoms with Crippen LogP contribution in [0.1, 0.15) is 30.7 Å². The number of carbonyl (C=O) groups is 1. The van der Waals surface area contributed by atoms with Gasteiger partial charge in [-0.25, -0.2) is 4.39 Å². The van der Waals surface area contributed by atoms with Crippen molar-refractivity contribution < 1.29 is 14.3 Å². The molecule has 4 nitrogen and oxygen atoms in total. The molecule has 4 atom stereocenters. The van der Waals surface area contributed by atoms with Crippen LogP contribution in [-0.4, -0.2) is 30.2 Å². The average Bonchev–Trinajstić information content (AvgIpc) is 3.63. The van der Waals surface area contributed by atoms with E-state index in [1.165, 1.54) is 18.9 Å².